The molecule has 9 heteroatoms. The molecule has 0 bridgehead atoms. The minimum absolute atomic E-state index is 0.125. The minimum atomic E-state index is -0.415. The normalized spacial score (nSPS) is 10.9. The van der Waals surface area contributed by atoms with Gasteiger partial charge in [0.05, 0.1) is 22.3 Å². The number of thiophene rings is 1. The quantitative estimate of drug-likeness (QED) is 0.509. The molecule has 0 atom stereocenters. The highest BCUT2D eigenvalue weighted by Crippen LogP contribution is 2.31. The molecule has 0 saturated carbocycles. The van der Waals surface area contributed by atoms with E-state index < -0.39 is 5.91 Å². The fourth-order valence-electron chi connectivity index (χ4n) is 2.72. The van der Waals surface area contributed by atoms with Gasteiger partial charge in [-0.15, -0.1) is 11.3 Å². The molecule has 7 nitrogen and oxygen atoms in total. The van der Waals surface area contributed by atoms with Crippen molar-refractivity contribution >= 4 is 49.7 Å². The number of hydrogen-bond donors (Lipinski definition) is 1. The van der Waals surface area contributed by atoms with Gasteiger partial charge in [0.1, 0.15) is 11.4 Å². The Labute approximate surface area is 167 Å². The Kier molecular flexibility index (Phi) is 4.84. The number of anilines is 1. The number of hydrogen-bond acceptors (Lipinski definition) is 7. The fourth-order valence-corrected chi connectivity index (χ4v) is 4.35. The maximum Gasteiger partial charge on any atom is 0.262 e. The number of amides is 1. The van der Waals surface area contributed by atoms with Crippen LogP contribution in [0.5, 0.6) is 0 Å². The van der Waals surface area contributed by atoms with Gasteiger partial charge in [-0.2, -0.15) is 0 Å². The summed E-state index contributed by atoms with van der Waals surface area (Å²) in [6.45, 7) is 1.28. The van der Waals surface area contributed by atoms with Crippen molar-refractivity contribution in [2.45, 2.75) is 13.5 Å². The van der Waals surface area contributed by atoms with Crippen molar-refractivity contribution in [1.82, 2.24) is 14.5 Å². The lowest BCUT2D eigenvalue weighted by atomic mass is 10.1. The summed E-state index contributed by atoms with van der Waals surface area (Å²) in [4.78, 5) is 46.5. The molecule has 0 aliphatic heterocycles. The first-order valence-electron chi connectivity index (χ1n) is 8.32. The van der Waals surface area contributed by atoms with Crippen molar-refractivity contribution in [1.29, 1.82) is 0 Å². The van der Waals surface area contributed by atoms with Crippen molar-refractivity contribution in [3.8, 4) is 11.3 Å². The number of carbonyl (C=O) groups excluding carboxylic acids is 2. The van der Waals surface area contributed by atoms with Gasteiger partial charge < -0.3 is 5.32 Å². The molecule has 0 unspecified atom stereocenters. The fraction of sp³-hybridized carbons (Fsp3) is 0.105. The second-order valence-corrected chi connectivity index (χ2v) is 7.88. The van der Waals surface area contributed by atoms with E-state index in [1.807, 2.05) is 30.3 Å². The Hall–Kier alpha value is -3.17. The van der Waals surface area contributed by atoms with Crippen LogP contribution in [0.25, 0.3) is 21.5 Å². The highest BCUT2D eigenvalue weighted by Gasteiger charge is 2.18. The van der Waals surface area contributed by atoms with E-state index in [9.17, 15) is 14.4 Å². The lowest BCUT2D eigenvalue weighted by Crippen LogP contribution is -2.27. The molecule has 0 aliphatic rings. The Morgan fingerprint density at radius 1 is 1.18 bits per heavy atom. The smallest absolute Gasteiger partial charge is 0.262 e. The lowest BCUT2D eigenvalue weighted by Gasteiger charge is -2.04. The second kappa shape index (κ2) is 7.45. The van der Waals surface area contributed by atoms with E-state index in [4.69, 9.17) is 0 Å². The number of Topliss-reactive ketones (excluding diaryl/α,β-unsaturated/α-hetero) is 1. The monoisotopic (exact) mass is 410 g/mol. The first-order chi connectivity index (χ1) is 13.5. The molecule has 1 aromatic carbocycles. The van der Waals surface area contributed by atoms with Crippen molar-refractivity contribution in [2.24, 2.45) is 0 Å². The number of rotatable bonds is 5. The average Bonchev–Trinajstić information content (AvgIpc) is 3.32. The maximum atomic E-state index is 12.4. The lowest BCUT2D eigenvalue weighted by molar-refractivity contribution is -0.116. The van der Waals surface area contributed by atoms with E-state index in [-0.39, 0.29) is 17.9 Å². The van der Waals surface area contributed by atoms with Crippen LogP contribution in [-0.4, -0.2) is 26.2 Å². The second-order valence-electron chi connectivity index (χ2n) is 5.98. The van der Waals surface area contributed by atoms with Gasteiger partial charge in [0, 0.05) is 12.5 Å². The predicted octanol–water partition coefficient (Wildman–Crippen LogP) is 3.42. The summed E-state index contributed by atoms with van der Waals surface area (Å²) in [6.07, 6.45) is 1.36. The zero-order valence-corrected chi connectivity index (χ0v) is 16.3. The maximum absolute atomic E-state index is 12.4. The topological polar surface area (TPSA) is 94.0 Å². The van der Waals surface area contributed by atoms with Crippen molar-refractivity contribution in [3.05, 3.63) is 63.3 Å². The number of nitrogens with one attached hydrogen (secondary N) is 1. The van der Waals surface area contributed by atoms with E-state index >= 15 is 0 Å². The molecular formula is C19H14N4O3S2. The van der Waals surface area contributed by atoms with Gasteiger partial charge in [0.25, 0.3) is 5.56 Å². The van der Waals surface area contributed by atoms with Crippen molar-refractivity contribution in [3.63, 3.8) is 0 Å². The van der Waals surface area contributed by atoms with Crippen LogP contribution in [0, 0.1) is 0 Å². The van der Waals surface area contributed by atoms with Gasteiger partial charge in [-0.3, -0.25) is 19.0 Å². The number of nitrogens with zero attached hydrogens (tertiary/aromatic N) is 3. The molecule has 0 aliphatic carbocycles. The molecular weight excluding hydrogens is 396 g/mol. The zero-order chi connectivity index (χ0) is 19.7. The molecule has 4 rings (SSSR count). The number of aromatic nitrogens is 3. The number of carbonyl (C=O) groups is 2. The third-order valence-electron chi connectivity index (χ3n) is 4.00. The zero-order valence-electron chi connectivity index (χ0n) is 14.7. The van der Waals surface area contributed by atoms with Crippen molar-refractivity contribution in [2.75, 3.05) is 5.32 Å². The minimum Gasteiger partial charge on any atom is -0.300 e. The van der Waals surface area contributed by atoms with E-state index in [0.717, 1.165) is 16.9 Å². The van der Waals surface area contributed by atoms with Crippen LogP contribution in [0.4, 0.5) is 5.13 Å². The van der Waals surface area contributed by atoms with E-state index in [2.05, 4.69) is 15.3 Å². The van der Waals surface area contributed by atoms with Crippen LogP contribution in [0.15, 0.2) is 52.9 Å². The summed E-state index contributed by atoms with van der Waals surface area (Å²) in [5, 5.41) is 5.26. The first kappa shape index (κ1) is 18.2. The summed E-state index contributed by atoms with van der Waals surface area (Å²) in [5.41, 5.74) is 1.06. The molecule has 0 radical (unpaired) electrons. The summed E-state index contributed by atoms with van der Waals surface area (Å²) in [7, 11) is 0. The summed E-state index contributed by atoms with van der Waals surface area (Å²) in [5.74, 6) is -0.540. The molecule has 0 fully saturated rings. The molecule has 3 heterocycles. The third-order valence-corrected chi connectivity index (χ3v) is 5.90. The van der Waals surface area contributed by atoms with Crippen LogP contribution in [-0.2, 0) is 11.3 Å². The van der Waals surface area contributed by atoms with Crippen LogP contribution < -0.4 is 10.9 Å². The van der Waals surface area contributed by atoms with E-state index in [1.165, 1.54) is 29.2 Å². The standard InChI is InChI=1S/C19H14N4O3S2/c1-11(24)16-15(12-5-3-2-4-6-12)22-19(28-16)21-14(25)9-23-10-20-17-13(18(23)26)7-8-27-17/h2-8,10H,9H2,1H3,(H,21,22,25). The molecule has 0 spiro atoms. The summed E-state index contributed by atoms with van der Waals surface area (Å²) in [6, 6.07) is 11.0. The molecule has 140 valence electrons. The molecule has 0 saturated heterocycles. The van der Waals surface area contributed by atoms with Gasteiger partial charge in [0.15, 0.2) is 10.9 Å². The van der Waals surface area contributed by atoms with Gasteiger partial charge in [0.2, 0.25) is 5.91 Å². The Morgan fingerprint density at radius 3 is 2.71 bits per heavy atom. The van der Waals surface area contributed by atoms with Gasteiger partial charge in [-0.1, -0.05) is 41.7 Å². The highest BCUT2D eigenvalue weighted by molar-refractivity contribution is 7.18. The molecule has 28 heavy (non-hydrogen) atoms. The number of benzene rings is 1. The third kappa shape index (κ3) is 3.49. The largest absolute Gasteiger partial charge is 0.300 e. The van der Waals surface area contributed by atoms with E-state index in [0.29, 0.717) is 25.9 Å². The number of ketones is 1. The van der Waals surface area contributed by atoms with Crippen molar-refractivity contribution < 1.29 is 9.59 Å². The SMILES string of the molecule is CC(=O)c1sc(NC(=O)Cn2cnc3sccc3c2=O)nc1-c1ccccc1. The molecule has 1 amide bonds. The molecule has 1 N–H and O–H groups in total. The summed E-state index contributed by atoms with van der Waals surface area (Å²) >= 11 is 2.49. The Bertz CT molecular complexity index is 1240. The number of thiazole rings is 1. The average molecular weight is 410 g/mol. The summed E-state index contributed by atoms with van der Waals surface area (Å²) < 4.78 is 1.25. The molecule has 4 aromatic rings. The first-order valence-corrected chi connectivity index (χ1v) is 10.0. The molecule has 3 aromatic heterocycles. The van der Waals surface area contributed by atoms with Crippen LogP contribution in [0.2, 0.25) is 0 Å². The predicted molar refractivity (Wildman–Crippen MR) is 110 cm³/mol. The number of fused-ring (bicyclic) bond motifs is 1. The van der Waals surface area contributed by atoms with Crippen LogP contribution in [0.3, 0.4) is 0 Å². The van der Waals surface area contributed by atoms with Gasteiger partial charge >= 0.3 is 0 Å². The van der Waals surface area contributed by atoms with Gasteiger partial charge in [-0.25, -0.2) is 9.97 Å². The Balaban J connectivity index is 1.58. The van der Waals surface area contributed by atoms with Gasteiger partial charge in [-0.05, 0) is 11.4 Å². The van der Waals surface area contributed by atoms with Crippen LogP contribution >= 0.6 is 22.7 Å². The van der Waals surface area contributed by atoms with Crippen LogP contribution in [0.1, 0.15) is 16.6 Å². The van der Waals surface area contributed by atoms with E-state index in [1.54, 1.807) is 11.4 Å². The highest BCUT2D eigenvalue weighted by atomic mass is 32.1. The Morgan fingerprint density at radius 2 is 1.96 bits per heavy atom.